The maximum absolute atomic E-state index is 10.2. The molecule has 0 saturated heterocycles. The monoisotopic (exact) mass is 147 g/mol. The van der Waals surface area contributed by atoms with Gasteiger partial charge in [0, 0.05) is 5.25 Å². The summed E-state index contributed by atoms with van der Waals surface area (Å²) in [5.74, 6) is 0. The van der Waals surface area contributed by atoms with E-state index in [1.807, 2.05) is 19.1 Å². The lowest BCUT2D eigenvalue weighted by Gasteiger charge is -2.10. The van der Waals surface area contributed by atoms with Gasteiger partial charge in [0.15, 0.2) is 0 Å². The van der Waals surface area contributed by atoms with Crippen LogP contribution in [-0.2, 0) is 11.1 Å². The van der Waals surface area contributed by atoms with Crippen molar-refractivity contribution in [2.75, 3.05) is 0 Å². The minimum Gasteiger partial charge on any atom is -0.772 e. The molecular formula is C6H11O2S-. The van der Waals surface area contributed by atoms with E-state index in [-0.39, 0.29) is 5.25 Å². The van der Waals surface area contributed by atoms with Gasteiger partial charge in [0.05, 0.1) is 0 Å². The van der Waals surface area contributed by atoms with Crippen molar-refractivity contribution in [1.82, 2.24) is 0 Å². The van der Waals surface area contributed by atoms with E-state index in [2.05, 4.69) is 0 Å². The highest BCUT2D eigenvalue weighted by atomic mass is 32.2. The molecule has 0 aromatic rings. The summed E-state index contributed by atoms with van der Waals surface area (Å²) < 4.78 is 20.3. The second kappa shape index (κ2) is 4.70. The Balaban J connectivity index is 3.50. The first kappa shape index (κ1) is 8.85. The number of allylic oxidation sites excluding steroid dienone is 2. The van der Waals surface area contributed by atoms with Crippen molar-refractivity contribution in [3.63, 3.8) is 0 Å². The van der Waals surface area contributed by atoms with Crippen LogP contribution in [0.4, 0.5) is 0 Å². The van der Waals surface area contributed by atoms with Crippen molar-refractivity contribution >= 4 is 11.1 Å². The van der Waals surface area contributed by atoms with E-state index >= 15 is 0 Å². The first-order chi connectivity index (χ1) is 4.18. The standard InChI is InChI=1S/C6H12O2S/c1-3-4-5-6(2)9(7)8/h3-4,6H,5H2,1-2H3,(H,7,8)/p-1. The molecule has 0 N–H and O–H groups in total. The number of rotatable bonds is 3. The Bertz CT molecular complexity index is 120. The lowest BCUT2D eigenvalue weighted by atomic mass is 10.3. The van der Waals surface area contributed by atoms with Crippen LogP contribution in [0.15, 0.2) is 12.2 Å². The molecule has 0 aliphatic rings. The maximum atomic E-state index is 10.2. The molecule has 0 aromatic carbocycles. The summed E-state index contributed by atoms with van der Waals surface area (Å²) in [4.78, 5) is 0. The smallest absolute Gasteiger partial charge is 0.0221 e. The molecule has 0 aromatic heterocycles. The minimum absolute atomic E-state index is 0.249. The fraction of sp³-hybridized carbons (Fsp3) is 0.667. The van der Waals surface area contributed by atoms with Crippen molar-refractivity contribution in [2.45, 2.75) is 25.5 Å². The van der Waals surface area contributed by atoms with E-state index in [0.717, 1.165) is 0 Å². The highest BCUT2D eigenvalue weighted by Crippen LogP contribution is 1.98. The molecule has 0 bridgehead atoms. The van der Waals surface area contributed by atoms with Crippen LogP contribution in [-0.4, -0.2) is 14.0 Å². The quantitative estimate of drug-likeness (QED) is 0.445. The van der Waals surface area contributed by atoms with Crippen LogP contribution in [0.1, 0.15) is 20.3 Å². The molecule has 2 nitrogen and oxygen atoms in total. The third-order valence-corrected chi connectivity index (χ3v) is 1.88. The predicted molar refractivity (Wildman–Crippen MR) is 37.8 cm³/mol. The molecule has 54 valence electrons. The first-order valence-corrected chi connectivity index (χ1v) is 4.01. The van der Waals surface area contributed by atoms with E-state index < -0.39 is 11.1 Å². The zero-order valence-corrected chi connectivity index (χ0v) is 6.48. The molecule has 9 heavy (non-hydrogen) atoms. The van der Waals surface area contributed by atoms with Crippen LogP contribution in [0.25, 0.3) is 0 Å². The van der Waals surface area contributed by atoms with Crippen LogP contribution in [0.3, 0.4) is 0 Å². The van der Waals surface area contributed by atoms with E-state index in [0.29, 0.717) is 6.42 Å². The third kappa shape index (κ3) is 4.36. The Morgan fingerprint density at radius 1 is 1.78 bits per heavy atom. The van der Waals surface area contributed by atoms with Crippen molar-refractivity contribution in [2.24, 2.45) is 0 Å². The second-order valence-corrected chi connectivity index (χ2v) is 3.20. The van der Waals surface area contributed by atoms with Crippen LogP contribution < -0.4 is 0 Å². The van der Waals surface area contributed by atoms with Gasteiger partial charge in [-0.05, 0) is 13.3 Å². The molecule has 0 rings (SSSR count). The molecule has 0 spiro atoms. The van der Waals surface area contributed by atoms with E-state index in [9.17, 15) is 8.76 Å². The lowest BCUT2D eigenvalue weighted by molar-refractivity contribution is 0.525. The van der Waals surface area contributed by atoms with E-state index in [4.69, 9.17) is 0 Å². The molecule has 0 radical (unpaired) electrons. The maximum Gasteiger partial charge on any atom is 0.0221 e. The van der Waals surface area contributed by atoms with Gasteiger partial charge in [-0.15, -0.1) is 0 Å². The summed E-state index contributed by atoms with van der Waals surface area (Å²) in [7, 11) is 0. The third-order valence-electron chi connectivity index (χ3n) is 1.03. The molecule has 3 heteroatoms. The molecule has 2 atom stereocenters. The molecule has 0 heterocycles. The molecule has 0 aliphatic carbocycles. The van der Waals surface area contributed by atoms with Gasteiger partial charge in [0.25, 0.3) is 0 Å². The lowest BCUT2D eigenvalue weighted by Crippen LogP contribution is -2.07. The molecule has 0 amide bonds. The summed E-state index contributed by atoms with van der Waals surface area (Å²) in [6.07, 6.45) is 4.32. The van der Waals surface area contributed by atoms with Crippen LogP contribution in [0.2, 0.25) is 0 Å². The fourth-order valence-corrected chi connectivity index (χ4v) is 0.675. The van der Waals surface area contributed by atoms with Crippen molar-refractivity contribution in [3.05, 3.63) is 12.2 Å². The van der Waals surface area contributed by atoms with Crippen LogP contribution in [0.5, 0.6) is 0 Å². The average molecular weight is 147 g/mol. The summed E-state index contributed by atoms with van der Waals surface area (Å²) in [6.45, 7) is 3.56. The van der Waals surface area contributed by atoms with Gasteiger partial charge < -0.3 is 4.55 Å². The minimum atomic E-state index is -1.91. The zero-order chi connectivity index (χ0) is 7.28. The van der Waals surface area contributed by atoms with Crippen molar-refractivity contribution in [1.29, 1.82) is 0 Å². The van der Waals surface area contributed by atoms with Crippen molar-refractivity contribution < 1.29 is 8.76 Å². The Hall–Kier alpha value is -0.150. The first-order valence-electron chi connectivity index (χ1n) is 2.87. The molecule has 0 aliphatic heterocycles. The molecular weight excluding hydrogens is 136 g/mol. The fourth-order valence-electron chi connectivity index (χ4n) is 0.406. The largest absolute Gasteiger partial charge is 0.772 e. The SMILES string of the molecule is CC=CCC(C)S(=O)[O-]. The van der Waals surface area contributed by atoms with E-state index in [1.165, 1.54) is 0 Å². The van der Waals surface area contributed by atoms with Crippen LogP contribution >= 0.6 is 0 Å². The predicted octanol–water partition coefficient (Wildman–Crippen LogP) is 1.22. The molecule has 0 fully saturated rings. The van der Waals surface area contributed by atoms with Gasteiger partial charge in [-0.25, -0.2) is 0 Å². The van der Waals surface area contributed by atoms with Crippen molar-refractivity contribution in [3.8, 4) is 0 Å². The van der Waals surface area contributed by atoms with Gasteiger partial charge in [-0.2, -0.15) is 0 Å². The average Bonchev–Trinajstić information content (AvgIpc) is 1.82. The van der Waals surface area contributed by atoms with Gasteiger partial charge in [-0.3, -0.25) is 4.21 Å². The van der Waals surface area contributed by atoms with E-state index in [1.54, 1.807) is 6.92 Å². The second-order valence-electron chi connectivity index (χ2n) is 1.88. The highest BCUT2D eigenvalue weighted by Gasteiger charge is 1.95. The normalized spacial score (nSPS) is 18.1. The van der Waals surface area contributed by atoms with Gasteiger partial charge in [0.2, 0.25) is 0 Å². The van der Waals surface area contributed by atoms with Gasteiger partial charge in [-0.1, -0.05) is 30.2 Å². The van der Waals surface area contributed by atoms with Crippen LogP contribution in [0, 0.1) is 0 Å². The Labute approximate surface area is 58.3 Å². The van der Waals surface area contributed by atoms with Gasteiger partial charge in [0.1, 0.15) is 0 Å². The number of hydrogen-bond acceptors (Lipinski definition) is 2. The Morgan fingerprint density at radius 2 is 2.33 bits per heavy atom. The Morgan fingerprint density at radius 3 is 2.67 bits per heavy atom. The number of hydrogen-bond donors (Lipinski definition) is 0. The summed E-state index contributed by atoms with van der Waals surface area (Å²) >= 11 is -1.91. The molecule has 0 saturated carbocycles. The topological polar surface area (TPSA) is 40.1 Å². The summed E-state index contributed by atoms with van der Waals surface area (Å²) in [5, 5.41) is -0.249. The van der Waals surface area contributed by atoms with Gasteiger partial charge >= 0.3 is 0 Å². The molecule has 2 unspecified atom stereocenters. The highest BCUT2D eigenvalue weighted by molar-refractivity contribution is 7.79. The zero-order valence-electron chi connectivity index (χ0n) is 5.66. The summed E-state index contributed by atoms with van der Waals surface area (Å²) in [6, 6.07) is 0. The Kier molecular flexibility index (Phi) is 4.62. The summed E-state index contributed by atoms with van der Waals surface area (Å²) in [5.41, 5.74) is 0.